The Morgan fingerprint density at radius 3 is 2.55 bits per heavy atom. The molecule has 0 radical (unpaired) electrons. The molecule has 0 saturated carbocycles. The van der Waals surface area contributed by atoms with Crippen molar-refractivity contribution in [3.8, 4) is 0 Å². The molecule has 0 aliphatic heterocycles. The highest BCUT2D eigenvalue weighted by molar-refractivity contribution is 5.79. The van der Waals surface area contributed by atoms with Crippen LogP contribution >= 0.6 is 0 Å². The van der Waals surface area contributed by atoms with E-state index < -0.39 is 0 Å². The van der Waals surface area contributed by atoms with Crippen molar-refractivity contribution < 1.29 is 0 Å². The molecular formula is C18H24N4. The SMILES string of the molecule is CC(c1ccc2ncccc2c1)c1cc(N)n[nH]1.CCCC. The highest BCUT2D eigenvalue weighted by Crippen LogP contribution is 2.25. The number of fused-ring (bicyclic) bond motifs is 1. The quantitative estimate of drug-likeness (QED) is 0.747. The Hall–Kier alpha value is -2.36. The van der Waals surface area contributed by atoms with Gasteiger partial charge in [0.25, 0.3) is 0 Å². The van der Waals surface area contributed by atoms with Crippen molar-refractivity contribution in [2.75, 3.05) is 5.73 Å². The van der Waals surface area contributed by atoms with E-state index in [-0.39, 0.29) is 5.92 Å². The van der Waals surface area contributed by atoms with Crippen LogP contribution in [0.3, 0.4) is 0 Å². The zero-order valence-corrected chi connectivity index (χ0v) is 13.5. The minimum Gasteiger partial charge on any atom is -0.382 e. The fourth-order valence-corrected chi connectivity index (χ4v) is 2.12. The summed E-state index contributed by atoms with van der Waals surface area (Å²) in [5, 5.41) is 8.07. The molecule has 2 heterocycles. The molecule has 4 heteroatoms. The predicted octanol–water partition coefficient (Wildman–Crippen LogP) is 4.50. The van der Waals surface area contributed by atoms with E-state index in [4.69, 9.17) is 5.73 Å². The van der Waals surface area contributed by atoms with Crippen LogP contribution in [0.4, 0.5) is 5.82 Å². The molecule has 4 nitrogen and oxygen atoms in total. The van der Waals surface area contributed by atoms with Crippen molar-refractivity contribution in [1.82, 2.24) is 15.2 Å². The summed E-state index contributed by atoms with van der Waals surface area (Å²) >= 11 is 0. The van der Waals surface area contributed by atoms with Crippen LogP contribution in [0.15, 0.2) is 42.6 Å². The second-order valence-corrected chi connectivity index (χ2v) is 5.43. The van der Waals surface area contributed by atoms with Crippen molar-refractivity contribution in [1.29, 1.82) is 0 Å². The summed E-state index contributed by atoms with van der Waals surface area (Å²) < 4.78 is 0. The van der Waals surface area contributed by atoms with Crippen LogP contribution in [0.1, 0.15) is 50.8 Å². The number of nitrogens with one attached hydrogen (secondary N) is 1. The molecule has 0 aliphatic rings. The molecule has 0 spiro atoms. The van der Waals surface area contributed by atoms with E-state index in [0.29, 0.717) is 5.82 Å². The highest BCUT2D eigenvalue weighted by Gasteiger charge is 2.11. The van der Waals surface area contributed by atoms with Crippen LogP contribution < -0.4 is 5.73 Å². The largest absolute Gasteiger partial charge is 0.382 e. The molecule has 0 fully saturated rings. The standard InChI is InChI=1S/C14H14N4.C4H10/c1-9(13-8-14(15)18-17-13)10-4-5-12-11(7-10)3-2-6-16-12;1-3-4-2/h2-9H,1H3,(H3,15,17,18);3-4H2,1-2H3. The molecule has 1 unspecified atom stereocenters. The maximum absolute atomic E-state index is 5.63. The smallest absolute Gasteiger partial charge is 0.145 e. The van der Waals surface area contributed by atoms with Gasteiger partial charge in [0, 0.05) is 29.3 Å². The maximum atomic E-state index is 5.63. The molecular weight excluding hydrogens is 272 g/mol. The number of nitrogen functional groups attached to an aromatic ring is 1. The van der Waals surface area contributed by atoms with E-state index in [1.54, 1.807) is 6.20 Å². The molecule has 2 aromatic heterocycles. The van der Waals surface area contributed by atoms with E-state index in [1.807, 2.05) is 18.2 Å². The Kier molecular flexibility index (Phi) is 5.53. The number of anilines is 1. The van der Waals surface area contributed by atoms with Gasteiger partial charge >= 0.3 is 0 Å². The van der Waals surface area contributed by atoms with Gasteiger partial charge in [-0.15, -0.1) is 0 Å². The minimum atomic E-state index is 0.236. The highest BCUT2D eigenvalue weighted by atomic mass is 15.2. The van der Waals surface area contributed by atoms with E-state index >= 15 is 0 Å². The first kappa shape index (κ1) is 16.0. The number of H-pyrrole nitrogens is 1. The van der Waals surface area contributed by atoms with Crippen LogP contribution in [0.2, 0.25) is 0 Å². The first-order chi connectivity index (χ1) is 10.7. The van der Waals surface area contributed by atoms with Gasteiger partial charge < -0.3 is 5.73 Å². The fraction of sp³-hybridized carbons (Fsp3) is 0.333. The second-order valence-electron chi connectivity index (χ2n) is 5.43. The molecule has 0 amide bonds. The van der Waals surface area contributed by atoms with Crippen molar-refractivity contribution in [2.24, 2.45) is 0 Å². The molecule has 0 aliphatic carbocycles. The Morgan fingerprint density at radius 1 is 1.14 bits per heavy atom. The number of aromatic nitrogens is 3. The van der Waals surface area contributed by atoms with Crippen molar-refractivity contribution in [3.05, 3.63) is 53.9 Å². The Labute approximate surface area is 131 Å². The summed E-state index contributed by atoms with van der Waals surface area (Å²) in [4.78, 5) is 4.32. The van der Waals surface area contributed by atoms with Gasteiger partial charge in [0.15, 0.2) is 0 Å². The molecule has 0 bridgehead atoms. The molecule has 3 aromatic rings. The van der Waals surface area contributed by atoms with Gasteiger partial charge in [-0.2, -0.15) is 5.10 Å². The minimum absolute atomic E-state index is 0.236. The number of hydrogen-bond acceptors (Lipinski definition) is 3. The Bertz CT molecular complexity index is 716. The topological polar surface area (TPSA) is 67.6 Å². The third-order valence-corrected chi connectivity index (χ3v) is 3.71. The number of hydrogen-bond donors (Lipinski definition) is 2. The average molecular weight is 296 g/mol. The molecule has 3 rings (SSSR count). The third-order valence-electron chi connectivity index (χ3n) is 3.71. The van der Waals surface area contributed by atoms with Gasteiger partial charge in [0.05, 0.1) is 5.52 Å². The summed E-state index contributed by atoms with van der Waals surface area (Å²) in [6.07, 6.45) is 4.45. The van der Waals surface area contributed by atoms with Crippen LogP contribution in [-0.4, -0.2) is 15.2 Å². The molecule has 0 saturated heterocycles. The number of nitrogens with two attached hydrogens (primary N) is 1. The Balaban J connectivity index is 0.000000396. The van der Waals surface area contributed by atoms with Crippen LogP contribution in [0.25, 0.3) is 10.9 Å². The molecule has 1 aromatic carbocycles. The van der Waals surface area contributed by atoms with Gasteiger partial charge in [-0.1, -0.05) is 45.7 Å². The number of aromatic amines is 1. The zero-order chi connectivity index (χ0) is 15.9. The first-order valence-corrected chi connectivity index (χ1v) is 7.81. The fourth-order valence-electron chi connectivity index (χ4n) is 2.12. The molecule has 3 N–H and O–H groups in total. The number of unbranched alkanes of at least 4 members (excludes halogenated alkanes) is 1. The van der Waals surface area contributed by atoms with Gasteiger partial charge in [-0.25, -0.2) is 0 Å². The van der Waals surface area contributed by atoms with Crippen LogP contribution in [0.5, 0.6) is 0 Å². The molecule has 116 valence electrons. The lowest BCUT2D eigenvalue weighted by atomic mass is 9.96. The van der Waals surface area contributed by atoms with E-state index in [1.165, 1.54) is 18.4 Å². The zero-order valence-electron chi connectivity index (χ0n) is 13.5. The summed E-state index contributed by atoms with van der Waals surface area (Å²) in [6.45, 7) is 6.49. The second kappa shape index (κ2) is 7.59. The van der Waals surface area contributed by atoms with Gasteiger partial charge in [0.1, 0.15) is 5.82 Å². The Morgan fingerprint density at radius 2 is 1.91 bits per heavy atom. The van der Waals surface area contributed by atoms with Gasteiger partial charge in [0.2, 0.25) is 0 Å². The number of pyridine rings is 1. The summed E-state index contributed by atoms with van der Waals surface area (Å²) in [5.41, 5.74) is 8.89. The number of nitrogens with zero attached hydrogens (tertiary/aromatic N) is 2. The lowest BCUT2D eigenvalue weighted by molar-refractivity contribution is 0.856. The van der Waals surface area contributed by atoms with E-state index in [0.717, 1.165) is 16.6 Å². The normalized spacial score (nSPS) is 11.8. The average Bonchev–Trinajstić information content (AvgIpc) is 3.00. The number of rotatable bonds is 3. The van der Waals surface area contributed by atoms with Gasteiger partial charge in [-0.3, -0.25) is 10.1 Å². The maximum Gasteiger partial charge on any atom is 0.145 e. The molecule has 22 heavy (non-hydrogen) atoms. The lowest BCUT2D eigenvalue weighted by Crippen LogP contribution is -1.96. The van der Waals surface area contributed by atoms with Crippen molar-refractivity contribution >= 4 is 16.7 Å². The monoisotopic (exact) mass is 296 g/mol. The van der Waals surface area contributed by atoms with Gasteiger partial charge in [-0.05, 0) is 23.8 Å². The van der Waals surface area contributed by atoms with Crippen LogP contribution in [0, 0.1) is 0 Å². The summed E-state index contributed by atoms with van der Waals surface area (Å²) in [6, 6.07) is 12.2. The first-order valence-electron chi connectivity index (χ1n) is 7.81. The lowest BCUT2D eigenvalue weighted by Gasteiger charge is -2.10. The van der Waals surface area contributed by atoms with E-state index in [2.05, 4.69) is 54.2 Å². The molecule has 1 atom stereocenters. The van der Waals surface area contributed by atoms with Crippen LogP contribution in [-0.2, 0) is 0 Å². The summed E-state index contributed by atoms with van der Waals surface area (Å²) in [7, 11) is 0. The number of benzene rings is 1. The van der Waals surface area contributed by atoms with Crippen molar-refractivity contribution in [3.63, 3.8) is 0 Å². The van der Waals surface area contributed by atoms with Crippen molar-refractivity contribution in [2.45, 2.75) is 39.5 Å². The predicted molar refractivity (Wildman–Crippen MR) is 92.8 cm³/mol. The van der Waals surface area contributed by atoms with E-state index in [9.17, 15) is 0 Å². The third kappa shape index (κ3) is 3.85. The summed E-state index contributed by atoms with van der Waals surface area (Å²) in [5.74, 6) is 0.763.